The molecule has 13 heteroatoms. The number of benzene rings is 2. The number of allylic oxidation sites excluding steroid dienone is 1. The number of ether oxygens (including phenoxy) is 5. The van der Waals surface area contributed by atoms with Crippen LogP contribution in [-0.4, -0.2) is 88.6 Å². The molecule has 2 N–H and O–H groups in total. The number of aliphatic hydroxyl groups excluding tert-OH is 1. The van der Waals surface area contributed by atoms with E-state index < -0.39 is 106 Å². The van der Waals surface area contributed by atoms with Crippen molar-refractivity contribution in [2.75, 3.05) is 6.61 Å². The van der Waals surface area contributed by atoms with E-state index in [2.05, 4.69) is 6.58 Å². The zero-order valence-corrected chi connectivity index (χ0v) is 30.6. The maximum absolute atomic E-state index is 14.8. The average Bonchev–Trinajstić information content (AvgIpc) is 3.11. The van der Waals surface area contributed by atoms with Gasteiger partial charge in [0.1, 0.15) is 18.3 Å². The molecule has 3 aliphatic rings. The third-order valence-electron chi connectivity index (χ3n) is 11.4. The summed E-state index contributed by atoms with van der Waals surface area (Å²) >= 11 is 0. The molecule has 3 saturated carbocycles. The SMILES string of the molecule is C=C[C@@]1(C)C[C@@H](OC(=O)c2ccccc2)[C@H]2[C@](O)(C1=O)[C@H](OC(C)=O)C[C@H]1C(C)(C)[C@H](OC(C)=O)[C@H](OC(C)=O)[C@H](OC(=O)c3ccccc3)[C@@]12CO. The zero-order valence-electron chi connectivity index (χ0n) is 30.6. The highest BCUT2D eigenvalue weighted by Gasteiger charge is 2.80. The lowest BCUT2D eigenvalue weighted by Crippen LogP contribution is -2.82. The minimum Gasteiger partial charge on any atom is -0.459 e. The number of carbonyl (C=O) groups is 6. The average molecular weight is 735 g/mol. The van der Waals surface area contributed by atoms with Gasteiger partial charge < -0.3 is 33.9 Å². The van der Waals surface area contributed by atoms with Crippen molar-refractivity contribution in [1.82, 2.24) is 0 Å². The number of aliphatic hydroxyl groups is 2. The van der Waals surface area contributed by atoms with E-state index in [9.17, 15) is 39.0 Å². The summed E-state index contributed by atoms with van der Waals surface area (Å²) < 4.78 is 30.0. The highest BCUT2D eigenvalue weighted by Crippen LogP contribution is 2.68. The molecule has 0 bridgehead atoms. The van der Waals surface area contributed by atoms with E-state index in [1.54, 1.807) is 50.2 Å². The van der Waals surface area contributed by atoms with Crippen LogP contribution in [0.4, 0.5) is 0 Å². The molecule has 0 spiro atoms. The van der Waals surface area contributed by atoms with Crippen LogP contribution in [-0.2, 0) is 42.9 Å². The van der Waals surface area contributed by atoms with Gasteiger partial charge in [-0.25, -0.2) is 9.59 Å². The van der Waals surface area contributed by atoms with Crippen LogP contribution in [0.3, 0.4) is 0 Å². The van der Waals surface area contributed by atoms with Crippen molar-refractivity contribution in [3.05, 3.63) is 84.4 Å². The third kappa shape index (κ3) is 6.65. The maximum Gasteiger partial charge on any atom is 0.338 e. The van der Waals surface area contributed by atoms with Gasteiger partial charge in [-0.2, -0.15) is 0 Å². The lowest BCUT2D eigenvalue weighted by molar-refractivity contribution is -0.325. The molecule has 0 aliphatic heterocycles. The van der Waals surface area contributed by atoms with E-state index in [0.717, 1.165) is 20.8 Å². The molecule has 2 aromatic rings. The van der Waals surface area contributed by atoms with Crippen molar-refractivity contribution >= 4 is 35.6 Å². The Labute approximate surface area is 307 Å². The minimum atomic E-state index is -2.71. The number of Topliss-reactive ketones (excluding diaryl/α,β-unsaturated/α-hetero) is 1. The Morgan fingerprint density at radius 3 is 1.75 bits per heavy atom. The first-order valence-corrected chi connectivity index (χ1v) is 17.4. The van der Waals surface area contributed by atoms with E-state index >= 15 is 0 Å². The van der Waals surface area contributed by atoms with Crippen LogP contribution in [0, 0.1) is 28.1 Å². The number of fused-ring (bicyclic) bond motifs is 3. The van der Waals surface area contributed by atoms with Crippen LogP contribution >= 0.6 is 0 Å². The molecule has 0 unspecified atom stereocenters. The van der Waals surface area contributed by atoms with Gasteiger partial charge in [0.25, 0.3) is 0 Å². The number of hydrogen-bond donors (Lipinski definition) is 2. The van der Waals surface area contributed by atoms with Crippen LogP contribution in [0.25, 0.3) is 0 Å². The Morgan fingerprint density at radius 2 is 1.28 bits per heavy atom. The molecule has 3 aliphatic carbocycles. The standard InChI is InChI=1S/C40H46O13/c1-8-38(7)20-27(52-34(45)25-15-11-9-12-16-25)31-39(21-41)28(19-29(49-22(2)42)40(31,48)36(38)47)37(5,6)32(51-24(4)44)30(50-23(3)43)33(39)53-35(46)26-17-13-10-14-18-26/h8-18,27-33,41,48H,1,19-21H2,2-7H3/t27-,28+,29-,30+,31-,32-,33+,38+,39+,40+/m1/s1. The fourth-order valence-corrected chi connectivity index (χ4v) is 9.25. The number of carbonyl (C=O) groups excluding carboxylic acids is 6. The summed E-state index contributed by atoms with van der Waals surface area (Å²) in [5.74, 6) is -7.79. The Morgan fingerprint density at radius 1 is 0.774 bits per heavy atom. The molecule has 3 fully saturated rings. The maximum atomic E-state index is 14.8. The van der Waals surface area contributed by atoms with E-state index in [1.807, 2.05) is 0 Å². The Kier molecular flexibility index (Phi) is 10.8. The highest BCUT2D eigenvalue weighted by molar-refractivity contribution is 5.97. The van der Waals surface area contributed by atoms with Gasteiger partial charge >= 0.3 is 29.8 Å². The Bertz CT molecular complexity index is 1770. The van der Waals surface area contributed by atoms with E-state index in [-0.39, 0.29) is 24.0 Å². The molecule has 2 aromatic carbocycles. The monoisotopic (exact) mass is 734 g/mol. The summed E-state index contributed by atoms with van der Waals surface area (Å²) in [5, 5.41) is 25.0. The largest absolute Gasteiger partial charge is 0.459 e. The smallest absolute Gasteiger partial charge is 0.338 e. The number of hydrogen-bond acceptors (Lipinski definition) is 13. The first-order valence-electron chi connectivity index (χ1n) is 17.4. The lowest BCUT2D eigenvalue weighted by atomic mass is 9.38. The van der Waals surface area contributed by atoms with Gasteiger partial charge in [-0.3, -0.25) is 19.2 Å². The molecule has 0 amide bonds. The molecule has 13 nitrogen and oxygen atoms in total. The second kappa shape index (κ2) is 14.5. The van der Waals surface area contributed by atoms with Crippen LogP contribution in [0.5, 0.6) is 0 Å². The van der Waals surface area contributed by atoms with Crippen LogP contribution < -0.4 is 0 Å². The summed E-state index contributed by atoms with van der Waals surface area (Å²) in [6, 6.07) is 15.8. The lowest BCUT2D eigenvalue weighted by Gasteiger charge is -2.69. The van der Waals surface area contributed by atoms with Crippen molar-refractivity contribution in [3.63, 3.8) is 0 Å². The molecule has 284 valence electrons. The van der Waals surface area contributed by atoms with Gasteiger partial charge in [-0.05, 0) is 43.5 Å². The normalized spacial score (nSPS) is 34.3. The summed E-state index contributed by atoms with van der Waals surface area (Å²) in [7, 11) is 0. The van der Waals surface area contributed by atoms with Crippen molar-refractivity contribution in [1.29, 1.82) is 0 Å². The highest BCUT2D eigenvalue weighted by atomic mass is 16.6. The predicted molar refractivity (Wildman–Crippen MR) is 186 cm³/mol. The molecule has 0 aromatic heterocycles. The summed E-state index contributed by atoms with van der Waals surface area (Å²) in [6.07, 6.45) is -7.03. The topological polar surface area (TPSA) is 189 Å². The fraction of sp³-hybridized carbons (Fsp3) is 0.500. The van der Waals surface area contributed by atoms with Gasteiger partial charge in [-0.1, -0.05) is 56.3 Å². The van der Waals surface area contributed by atoms with Crippen molar-refractivity contribution in [2.45, 2.75) is 90.5 Å². The van der Waals surface area contributed by atoms with E-state index in [4.69, 9.17) is 23.7 Å². The number of ketones is 1. The molecular weight excluding hydrogens is 688 g/mol. The fourth-order valence-electron chi connectivity index (χ4n) is 9.25. The molecule has 0 heterocycles. The van der Waals surface area contributed by atoms with Gasteiger partial charge in [0.05, 0.1) is 23.1 Å². The van der Waals surface area contributed by atoms with E-state index in [1.165, 1.54) is 37.3 Å². The molecule has 0 radical (unpaired) electrons. The summed E-state index contributed by atoms with van der Waals surface area (Å²) in [6.45, 7) is 11.1. The number of esters is 5. The molecule has 5 rings (SSSR count). The van der Waals surface area contributed by atoms with Crippen LogP contribution in [0.1, 0.15) is 75.1 Å². The Hall–Kier alpha value is -4.88. The second-order valence-corrected chi connectivity index (χ2v) is 15.0. The van der Waals surface area contributed by atoms with Crippen molar-refractivity contribution in [2.24, 2.45) is 28.1 Å². The van der Waals surface area contributed by atoms with Crippen LogP contribution in [0.15, 0.2) is 73.3 Å². The quantitative estimate of drug-likeness (QED) is 0.215. The number of rotatable bonds is 9. The molecule has 53 heavy (non-hydrogen) atoms. The van der Waals surface area contributed by atoms with Crippen LogP contribution in [0.2, 0.25) is 0 Å². The minimum absolute atomic E-state index is 0.0717. The summed E-state index contributed by atoms with van der Waals surface area (Å²) in [4.78, 5) is 81.0. The first kappa shape index (κ1) is 39.3. The van der Waals surface area contributed by atoms with Gasteiger partial charge in [0, 0.05) is 43.9 Å². The first-order chi connectivity index (χ1) is 24.9. The van der Waals surface area contributed by atoms with Gasteiger partial charge in [0.2, 0.25) is 0 Å². The summed E-state index contributed by atoms with van der Waals surface area (Å²) in [5.41, 5.74) is -7.40. The van der Waals surface area contributed by atoms with E-state index in [0.29, 0.717) is 0 Å². The second-order valence-electron chi connectivity index (χ2n) is 15.0. The van der Waals surface area contributed by atoms with Gasteiger partial charge in [-0.15, -0.1) is 6.58 Å². The van der Waals surface area contributed by atoms with Gasteiger partial charge in [0.15, 0.2) is 23.6 Å². The van der Waals surface area contributed by atoms with Crippen molar-refractivity contribution in [3.8, 4) is 0 Å². The Balaban J connectivity index is 1.86. The molecule has 0 saturated heterocycles. The van der Waals surface area contributed by atoms with Crippen molar-refractivity contribution < 1.29 is 62.7 Å². The zero-order chi connectivity index (χ0) is 39.1. The third-order valence-corrected chi connectivity index (χ3v) is 11.4. The predicted octanol–water partition coefficient (Wildman–Crippen LogP) is 3.78. The molecule has 10 atom stereocenters. The molecular formula is C40H46O13.